The zero-order chi connectivity index (χ0) is 15.3. The highest BCUT2D eigenvalue weighted by Crippen LogP contribution is 2.21. The summed E-state index contributed by atoms with van der Waals surface area (Å²) in [5, 5.41) is 0. The molecule has 0 amide bonds. The second-order valence-electron chi connectivity index (χ2n) is 4.69. The predicted molar refractivity (Wildman–Crippen MR) is 74.7 cm³/mol. The van der Waals surface area contributed by atoms with E-state index in [1.54, 1.807) is 19.1 Å². The van der Waals surface area contributed by atoms with E-state index in [-0.39, 0.29) is 10.8 Å². The Balaban J connectivity index is 3.02. The van der Waals surface area contributed by atoms with Gasteiger partial charge >= 0.3 is 5.97 Å². The van der Waals surface area contributed by atoms with Crippen molar-refractivity contribution in [2.75, 3.05) is 7.11 Å². The van der Waals surface area contributed by atoms with Crippen LogP contribution in [0.3, 0.4) is 0 Å². The highest BCUT2D eigenvalue weighted by atomic mass is 32.2. The van der Waals surface area contributed by atoms with Gasteiger partial charge in [0.2, 0.25) is 0 Å². The Kier molecular flexibility index (Phi) is 5.71. The van der Waals surface area contributed by atoms with Crippen molar-refractivity contribution in [2.24, 2.45) is 5.92 Å². The van der Waals surface area contributed by atoms with Crippen molar-refractivity contribution in [2.45, 2.75) is 38.2 Å². The molecular formula is C14H20O5S. The summed E-state index contributed by atoms with van der Waals surface area (Å²) in [5.74, 6) is -0.947. The molecule has 0 aliphatic heterocycles. The molecule has 0 radical (unpaired) electrons. The van der Waals surface area contributed by atoms with E-state index >= 15 is 0 Å². The molecule has 0 heterocycles. The molecule has 112 valence electrons. The second kappa shape index (κ2) is 6.85. The number of ether oxygens (including phenoxy) is 1. The molecule has 0 saturated carbocycles. The van der Waals surface area contributed by atoms with Gasteiger partial charge in [-0.05, 0) is 25.0 Å². The van der Waals surface area contributed by atoms with Gasteiger partial charge < -0.3 is 4.74 Å². The second-order valence-corrected chi connectivity index (χ2v) is 6.26. The molecule has 2 unspecified atom stereocenters. The van der Waals surface area contributed by atoms with Crippen molar-refractivity contribution in [1.82, 2.24) is 0 Å². The fraction of sp³-hybridized carbons (Fsp3) is 0.500. The maximum absolute atomic E-state index is 12.2. The van der Waals surface area contributed by atoms with Gasteiger partial charge in [0.15, 0.2) is 6.10 Å². The smallest absolute Gasteiger partial charge is 0.336 e. The summed E-state index contributed by atoms with van der Waals surface area (Å²) in [6.45, 7) is 5.45. The van der Waals surface area contributed by atoms with Gasteiger partial charge in [0.25, 0.3) is 10.1 Å². The van der Waals surface area contributed by atoms with E-state index in [0.29, 0.717) is 6.42 Å². The Hall–Kier alpha value is -1.40. The number of methoxy groups -OCH3 is 1. The lowest BCUT2D eigenvalue weighted by Crippen LogP contribution is -2.34. The number of benzene rings is 1. The molecule has 0 aliphatic carbocycles. The first kappa shape index (κ1) is 16.7. The summed E-state index contributed by atoms with van der Waals surface area (Å²) in [7, 11) is -2.78. The molecule has 1 aromatic carbocycles. The van der Waals surface area contributed by atoms with Crippen molar-refractivity contribution in [1.29, 1.82) is 0 Å². The summed E-state index contributed by atoms with van der Waals surface area (Å²) in [6, 6.07) is 6.25. The summed E-state index contributed by atoms with van der Waals surface area (Å²) in [6.07, 6.45) is -0.528. The van der Waals surface area contributed by atoms with E-state index < -0.39 is 22.2 Å². The molecule has 0 spiro atoms. The maximum atomic E-state index is 12.2. The van der Waals surface area contributed by atoms with Gasteiger partial charge in [-0.25, -0.2) is 4.79 Å². The summed E-state index contributed by atoms with van der Waals surface area (Å²) in [5.41, 5.74) is 0.940. The monoisotopic (exact) mass is 300 g/mol. The van der Waals surface area contributed by atoms with E-state index in [4.69, 9.17) is 4.18 Å². The highest BCUT2D eigenvalue weighted by molar-refractivity contribution is 7.86. The molecule has 1 rings (SSSR count). The quantitative estimate of drug-likeness (QED) is 0.595. The predicted octanol–water partition coefficient (Wildman–Crippen LogP) is 2.29. The Morgan fingerprint density at radius 2 is 1.80 bits per heavy atom. The summed E-state index contributed by atoms with van der Waals surface area (Å²) < 4.78 is 34.0. The lowest BCUT2D eigenvalue weighted by atomic mass is 10.0. The highest BCUT2D eigenvalue weighted by Gasteiger charge is 2.32. The van der Waals surface area contributed by atoms with E-state index in [1.807, 2.05) is 13.8 Å². The van der Waals surface area contributed by atoms with Gasteiger partial charge in [-0.2, -0.15) is 8.42 Å². The fourth-order valence-corrected chi connectivity index (χ4v) is 2.72. The molecule has 20 heavy (non-hydrogen) atoms. The molecular weight excluding hydrogens is 280 g/mol. The lowest BCUT2D eigenvalue weighted by molar-refractivity contribution is -0.151. The molecule has 1 aromatic rings. The Labute approximate surface area is 120 Å². The van der Waals surface area contributed by atoms with E-state index in [9.17, 15) is 13.2 Å². The Morgan fingerprint density at radius 3 is 2.25 bits per heavy atom. The molecule has 0 aliphatic rings. The third-order valence-corrected chi connectivity index (χ3v) is 4.44. The average Bonchev–Trinajstić information content (AvgIpc) is 2.43. The van der Waals surface area contributed by atoms with Crippen molar-refractivity contribution in [3.63, 3.8) is 0 Å². The van der Waals surface area contributed by atoms with Gasteiger partial charge in [0, 0.05) is 0 Å². The zero-order valence-electron chi connectivity index (χ0n) is 12.1. The summed E-state index contributed by atoms with van der Waals surface area (Å²) >= 11 is 0. The van der Waals surface area contributed by atoms with Gasteiger partial charge in [0.1, 0.15) is 0 Å². The van der Waals surface area contributed by atoms with Crippen LogP contribution in [0.2, 0.25) is 0 Å². The number of rotatable bonds is 6. The SMILES string of the molecule is CCC(C)C(OS(=O)(=O)c1ccc(C)cc1)C(=O)OC. The van der Waals surface area contributed by atoms with Crippen molar-refractivity contribution in [3.05, 3.63) is 29.8 Å². The fourth-order valence-electron chi connectivity index (χ4n) is 1.59. The van der Waals surface area contributed by atoms with Crippen molar-refractivity contribution >= 4 is 16.1 Å². The van der Waals surface area contributed by atoms with Crippen LogP contribution in [0.4, 0.5) is 0 Å². The van der Waals surface area contributed by atoms with Crippen LogP contribution in [0.25, 0.3) is 0 Å². The third-order valence-electron chi connectivity index (χ3n) is 3.13. The minimum absolute atomic E-state index is 0.0281. The molecule has 6 heteroatoms. The molecule has 5 nitrogen and oxygen atoms in total. The minimum Gasteiger partial charge on any atom is -0.467 e. The van der Waals surface area contributed by atoms with Gasteiger partial charge in [-0.3, -0.25) is 4.18 Å². The van der Waals surface area contributed by atoms with E-state index in [1.165, 1.54) is 19.2 Å². The first-order valence-corrected chi connectivity index (χ1v) is 7.80. The van der Waals surface area contributed by atoms with Crippen LogP contribution >= 0.6 is 0 Å². The number of hydrogen-bond donors (Lipinski definition) is 0. The Bertz CT molecular complexity index is 547. The molecule has 0 bridgehead atoms. The van der Waals surface area contributed by atoms with Gasteiger partial charge in [0.05, 0.1) is 12.0 Å². The van der Waals surface area contributed by atoms with Crippen molar-refractivity contribution in [3.8, 4) is 0 Å². The maximum Gasteiger partial charge on any atom is 0.336 e. The number of hydrogen-bond acceptors (Lipinski definition) is 5. The number of aryl methyl sites for hydroxylation is 1. The minimum atomic E-state index is -3.99. The average molecular weight is 300 g/mol. The van der Waals surface area contributed by atoms with Gasteiger partial charge in [-0.15, -0.1) is 0 Å². The number of carbonyl (C=O) groups excluding carboxylic acids is 1. The van der Waals surface area contributed by atoms with Crippen LogP contribution in [0.15, 0.2) is 29.2 Å². The molecule has 2 atom stereocenters. The summed E-state index contributed by atoms with van der Waals surface area (Å²) in [4.78, 5) is 11.7. The van der Waals surface area contributed by atoms with Gasteiger partial charge in [-0.1, -0.05) is 38.0 Å². The van der Waals surface area contributed by atoms with Crippen LogP contribution in [0.5, 0.6) is 0 Å². The third kappa shape index (κ3) is 4.05. The first-order chi connectivity index (χ1) is 9.31. The lowest BCUT2D eigenvalue weighted by Gasteiger charge is -2.20. The van der Waals surface area contributed by atoms with E-state index in [2.05, 4.69) is 4.74 Å². The molecule has 0 fully saturated rings. The standard InChI is InChI=1S/C14H20O5S/c1-5-11(3)13(14(15)18-4)19-20(16,17)12-8-6-10(2)7-9-12/h6-9,11,13H,5H2,1-4H3. The van der Waals surface area contributed by atoms with Crippen LogP contribution < -0.4 is 0 Å². The number of esters is 1. The van der Waals surface area contributed by atoms with Crippen LogP contribution in [-0.2, 0) is 23.8 Å². The largest absolute Gasteiger partial charge is 0.467 e. The first-order valence-electron chi connectivity index (χ1n) is 6.39. The molecule has 0 aromatic heterocycles. The van der Waals surface area contributed by atoms with Crippen molar-refractivity contribution < 1.29 is 22.1 Å². The Morgan fingerprint density at radius 1 is 1.25 bits per heavy atom. The zero-order valence-corrected chi connectivity index (χ0v) is 12.9. The molecule has 0 saturated heterocycles. The topological polar surface area (TPSA) is 69.7 Å². The van der Waals surface area contributed by atoms with E-state index in [0.717, 1.165) is 5.56 Å². The number of carbonyl (C=O) groups is 1. The van der Waals surface area contributed by atoms with Crippen LogP contribution in [0.1, 0.15) is 25.8 Å². The molecule has 0 N–H and O–H groups in total. The normalized spacial score (nSPS) is 14.6. The van der Waals surface area contributed by atoms with Crippen LogP contribution in [0, 0.1) is 12.8 Å². The van der Waals surface area contributed by atoms with Crippen LogP contribution in [-0.4, -0.2) is 27.6 Å².